The van der Waals surface area contributed by atoms with Crippen molar-refractivity contribution in [3.8, 4) is 5.75 Å². The van der Waals surface area contributed by atoms with Crippen LogP contribution in [0.25, 0.3) is 0 Å². The van der Waals surface area contributed by atoms with Crippen LogP contribution >= 0.6 is 0 Å². The Morgan fingerprint density at radius 1 is 1.29 bits per heavy atom. The number of nitrogens with zero attached hydrogens (tertiary/aromatic N) is 5. The summed E-state index contributed by atoms with van der Waals surface area (Å²) in [6, 6.07) is 4.84. The third-order valence-electron chi connectivity index (χ3n) is 5.46. The summed E-state index contributed by atoms with van der Waals surface area (Å²) >= 11 is 0. The topological polar surface area (TPSA) is 75.5 Å². The molecule has 1 aromatic heterocycles. The van der Waals surface area contributed by atoms with Crippen molar-refractivity contribution in [2.75, 3.05) is 26.7 Å². The first-order chi connectivity index (χ1) is 14.9. The van der Waals surface area contributed by atoms with Crippen LogP contribution in [-0.2, 0) is 20.1 Å². The Hall–Kier alpha value is -2.68. The molecule has 170 valence electrons. The average Bonchev–Trinajstić information content (AvgIpc) is 3.15. The number of hydrogen-bond donors (Lipinski definition) is 1. The third-order valence-corrected chi connectivity index (χ3v) is 5.46. The Morgan fingerprint density at radius 2 is 2.06 bits per heavy atom. The lowest BCUT2D eigenvalue weighted by Gasteiger charge is -2.31. The number of urea groups is 1. The molecule has 9 heteroatoms. The second-order valence-electron chi connectivity index (χ2n) is 8.18. The van der Waals surface area contributed by atoms with E-state index >= 15 is 0 Å². The van der Waals surface area contributed by atoms with E-state index in [1.165, 1.54) is 10.9 Å². The quantitative estimate of drug-likeness (QED) is 0.617. The number of benzene rings is 1. The number of aromatic nitrogens is 3. The molecule has 8 nitrogen and oxygen atoms in total. The van der Waals surface area contributed by atoms with Crippen LogP contribution in [0.1, 0.15) is 43.9 Å². The fourth-order valence-electron chi connectivity index (χ4n) is 3.58. The molecule has 1 aliphatic heterocycles. The number of piperidine rings is 1. The second-order valence-corrected chi connectivity index (χ2v) is 8.18. The number of rotatable bonds is 9. The van der Waals surface area contributed by atoms with E-state index in [1.807, 2.05) is 0 Å². The second kappa shape index (κ2) is 11.1. The van der Waals surface area contributed by atoms with Gasteiger partial charge >= 0.3 is 6.03 Å². The van der Waals surface area contributed by atoms with Gasteiger partial charge in [-0.1, -0.05) is 19.4 Å². The molecule has 2 amide bonds. The average molecular weight is 433 g/mol. The van der Waals surface area contributed by atoms with E-state index in [1.54, 1.807) is 30.3 Å². The fourth-order valence-corrected chi connectivity index (χ4v) is 3.58. The summed E-state index contributed by atoms with van der Waals surface area (Å²) in [5.74, 6) is -0.169. The van der Waals surface area contributed by atoms with Crippen molar-refractivity contribution in [3.63, 3.8) is 0 Å². The van der Waals surface area contributed by atoms with Gasteiger partial charge in [0.1, 0.15) is 5.69 Å². The first kappa shape index (κ1) is 23.0. The highest BCUT2D eigenvalue weighted by atomic mass is 19.1. The Bertz CT molecular complexity index is 850. The molecule has 1 aromatic carbocycles. The van der Waals surface area contributed by atoms with Gasteiger partial charge in [0, 0.05) is 19.6 Å². The van der Waals surface area contributed by atoms with E-state index < -0.39 is 5.82 Å². The first-order valence-corrected chi connectivity index (χ1v) is 10.9. The molecule has 1 fully saturated rings. The van der Waals surface area contributed by atoms with Crippen LogP contribution in [0.4, 0.5) is 9.18 Å². The molecule has 0 unspecified atom stereocenters. The molecule has 0 spiro atoms. The summed E-state index contributed by atoms with van der Waals surface area (Å²) in [7, 11) is 3.82. The van der Waals surface area contributed by atoms with Crippen molar-refractivity contribution in [2.45, 2.75) is 51.7 Å². The SMILES string of the molecule is CCCCOc1ccc(CN(Cc2cnn(C)n2)C(=O)NC2CCN(C)CC2)cc1F. The van der Waals surface area contributed by atoms with Crippen LogP contribution in [0.3, 0.4) is 0 Å². The minimum absolute atomic E-state index is 0.138. The molecule has 2 heterocycles. The highest BCUT2D eigenvalue weighted by Crippen LogP contribution is 2.20. The van der Waals surface area contributed by atoms with E-state index in [2.05, 4.69) is 34.4 Å². The van der Waals surface area contributed by atoms with Crippen LogP contribution in [0.5, 0.6) is 5.75 Å². The zero-order valence-electron chi connectivity index (χ0n) is 18.7. The number of amides is 2. The summed E-state index contributed by atoms with van der Waals surface area (Å²) in [5.41, 5.74) is 1.38. The van der Waals surface area contributed by atoms with Crippen molar-refractivity contribution in [1.29, 1.82) is 0 Å². The van der Waals surface area contributed by atoms with Gasteiger partial charge in [0.15, 0.2) is 11.6 Å². The number of carbonyl (C=O) groups is 1. The molecular formula is C22H33FN6O2. The summed E-state index contributed by atoms with van der Waals surface area (Å²) < 4.78 is 20.0. The fraction of sp³-hybridized carbons (Fsp3) is 0.591. The van der Waals surface area contributed by atoms with Gasteiger partial charge in [-0.15, -0.1) is 0 Å². The van der Waals surface area contributed by atoms with Crippen molar-refractivity contribution in [2.24, 2.45) is 7.05 Å². The minimum Gasteiger partial charge on any atom is -0.491 e. The summed E-state index contributed by atoms with van der Waals surface area (Å²) in [6.07, 6.45) is 5.34. The molecule has 1 saturated heterocycles. The van der Waals surface area contributed by atoms with E-state index in [0.717, 1.165) is 38.8 Å². The monoisotopic (exact) mass is 432 g/mol. The highest BCUT2D eigenvalue weighted by Gasteiger charge is 2.23. The molecule has 1 N–H and O–H groups in total. The molecule has 2 aromatic rings. The van der Waals surface area contributed by atoms with Crippen LogP contribution in [0, 0.1) is 5.82 Å². The van der Waals surface area contributed by atoms with Crippen molar-refractivity contribution in [1.82, 2.24) is 30.1 Å². The third kappa shape index (κ3) is 6.92. The normalized spacial score (nSPS) is 15.1. The minimum atomic E-state index is -0.413. The lowest BCUT2D eigenvalue weighted by atomic mass is 10.1. The molecule has 0 aliphatic carbocycles. The zero-order chi connectivity index (χ0) is 22.2. The maximum Gasteiger partial charge on any atom is 0.318 e. The molecule has 0 radical (unpaired) electrons. The molecule has 3 rings (SSSR count). The van der Waals surface area contributed by atoms with Gasteiger partial charge in [-0.25, -0.2) is 9.18 Å². The number of ether oxygens (including phenoxy) is 1. The predicted octanol–water partition coefficient (Wildman–Crippen LogP) is 2.94. The van der Waals surface area contributed by atoms with E-state index in [4.69, 9.17) is 4.74 Å². The smallest absolute Gasteiger partial charge is 0.318 e. The molecule has 1 aliphatic rings. The number of nitrogens with one attached hydrogen (secondary N) is 1. The Kier molecular flexibility index (Phi) is 8.22. The number of halogens is 1. The summed E-state index contributed by atoms with van der Waals surface area (Å²) in [4.78, 5) is 18.4. The number of unbranched alkanes of at least 4 members (excludes halogenated alkanes) is 1. The Balaban J connectivity index is 1.68. The summed E-state index contributed by atoms with van der Waals surface area (Å²) in [5, 5.41) is 11.5. The zero-order valence-corrected chi connectivity index (χ0v) is 18.7. The van der Waals surface area contributed by atoms with Crippen LogP contribution in [0.2, 0.25) is 0 Å². The van der Waals surface area contributed by atoms with E-state index in [9.17, 15) is 9.18 Å². The first-order valence-electron chi connectivity index (χ1n) is 10.9. The van der Waals surface area contributed by atoms with Gasteiger partial charge in [-0.05, 0) is 57.1 Å². The van der Waals surface area contributed by atoms with Gasteiger partial charge < -0.3 is 19.9 Å². The maximum absolute atomic E-state index is 14.5. The van der Waals surface area contributed by atoms with Crippen molar-refractivity contribution >= 4 is 6.03 Å². The molecule has 0 bridgehead atoms. The lowest BCUT2D eigenvalue weighted by Crippen LogP contribution is -2.48. The molecule has 0 atom stereocenters. The predicted molar refractivity (Wildman–Crippen MR) is 116 cm³/mol. The molecule has 31 heavy (non-hydrogen) atoms. The van der Waals surface area contributed by atoms with Crippen LogP contribution < -0.4 is 10.1 Å². The largest absolute Gasteiger partial charge is 0.491 e. The number of hydrogen-bond acceptors (Lipinski definition) is 5. The van der Waals surface area contributed by atoms with Crippen molar-refractivity contribution < 1.29 is 13.9 Å². The van der Waals surface area contributed by atoms with Crippen LogP contribution in [0.15, 0.2) is 24.4 Å². The van der Waals surface area contributed by atoms with Crippen molar-refractivity contribution in [3.05, 3.63) is 41.5 Å². The molecule has 0 saturated carbocycles. The van der Waals surface area contributed by atoms with Gasteiger partial charge in [0.25, 0.3) is 0 Å². The summed E-state index contributed by atoms with van der Waals surface area (Å²) in [6.45, 7) is 5.03. The van der Waals surface area contributed by atoms with Crippen LogP contribution in [-0.4, -0.2) is 63.6 Å². The lowest BCUT2D eigenvalue weighted by molar-refractivity contribution is 0.175. The number of aryl methyl sites for hydroxylation is 1. The number of likely N-dealkylation sites (tertiary alicyclic amines) is 1. The van der Waals surface area contributed by atoms with Gasteiger partial charge in [-0.2, -0.15) is 15.0 Å². The van der Waals surface area contributed by atoms with Gasteiger partial charge in [-0.3, -0.25) is 0 Å². The Labute approximate surface area is 183 Å². The van der Waals surface area contributed by atoms with Gasteiger partial charge in [0.05, 0.1) is 19.3 Å². The molecular weight excluding hydrogens is 399 g/mol. The Morgan fingerprint density at radius 3 is 2.71 bits per heavy atom. The number of carbonyl (C=O) groups excluding carboxylic acids is 1. The van der Waals surface area contributed by atoms with E-state index in [-0.39, 0.29) is 24.4 Å². The van der Waals surface area contributed by atoms with E-state index in [0.29, 0.717) is 24.4 Å². The standard InChI is InChI=1S/C22H33FN6O2/c1-4-5-12-31-21-7-6-17(13-20(21)23)15-29(16-19-14-24-28(3)26-19)22(30)25-18-8-10-27(2)11-9-18/h6-7,13-14,18H,4-5,8-12,15-16H2,1-3H3,(H,25,30). The maximum atomic E-state index is 14.5. The highest BCUT2D eigenvalue weighted by molar-refractivity contribution is 5.74. The van der Waals surface area contributed by atoms with Gasteiger partial charge in [0.2, 0.25) is 0 Å².